The first kappa shape index (κ1) is 18.7. The third kappa shape index (κ3) is 3.45. The molecule has 1 aliphatic rings. The zero-order chi connectivity index (χ0) is 20.2. The van der Waals surface area contributed by atoms with Crippen molar-refractivity contribution < 1.29 is 8.42 Å². The third-order valence-electron chi connectivity index (χ3n) is 5.08. The molecule has 2 aromatic heterocycles. The number of anilines is 1. The van der Waals surface area contributed by atoms with Gasteiger partial charge in [-0.1, -0.05) is 18.2 Å². The van der Waals surface area contributed by atoms with Gasteiger partial charge in [0, 0.05) is 17.0 Å². The minimum Gasteiger partial charge on any atom is -0.267 e. The van der Waals surface area contributed by atoms with E-state index in [1.165, 1.54) is 15.3 Å². The highest BCUT2D eigenvalue weighted by molar-refractivity contribution is 7.92. The Labute approximate surface area is 177 Å². The van der Waals surface area contributed by atoms with Gasteiger partial charge in [0.1, 0.15) is 10.0 Å². The Kier molecular flexibility index (Phi) is 4.45. The van der Waals surface area contributed by atoms with E-state index in [1.54, 1.807) is 22.7 Å². The highest BCUT2D eigenvalue weighted by Crippen LogP contribution is 2.37. The Hall–Kier alpha value is -2.29. The van der Waals surface area contributed by atoms with Crippen LogP contribution in [0.1, 0.15) is 22.5 Å². The van der Waals surface area contributed by atoms with Crippen molar-refractivity contribution in [1.29, 1.82) is 0 Å². The van der Waals surface area contributed by atoms with Crippen molar-refractivity contribution in [1.82, 2.24) is 9.97 Å². The molecule has 0 fully saturated rings. The van der Waals surface area contributed by atoms with Crippen LogP contribution in [0, 0.1) is 0 Å². The lowest BCUT2D eigenvalue weighted by Crippen LogP contribution is -2.34. The first-order valence-corrected chi connectivity index (χ1v) is 12.8. The molecule has 0 bridgehead atoms. The number of aromatic nitrogens is 2. The van der Waals surface area contributed by atoms with E-state index in [9.17, 15) is 8.42 Å². The number of sulfonamides is 1. The molecule has 0 aliphatic carbocycles. The molecular weight excluding hydrogens is 422 g/mol. The van der Waals surface area contributed by atoms with Gasteiger partial charge in [-0.2, -0.15) is 0 Å². The Morgan fingerprint density at radius 3 is 2.76 bits per heavy atom. The van der Waals surface area contributed by atoms with Crippen molar-refractivity contribution in [2.75, 3.05) is 10.6 Å². The smallest absolute Gasteiger partial charge is 0.232 e. The summed E-state index contributed by atoms with van der Waals surface area (Å²) in [7, 11) is -3.27. The second kappa shape index (κ2) is 6.90. The minimum absolute atomic E-state index is 0.0553. The Morgan fingerprint density at radius 2 is 1.97 bits per heavy atom. The zero-order valence-electron chi connectivity index (χ0n) is 16.0. The molecule has 0 saturated heterocycles. The van der Waals surface area contributed by atoms with Crippen LogP contribution < -0.4 is 4.31 Å². The standard InChI is InChI=1S/C21H19N3O2S3/c1-13-9-15-10-14(7-8-18(15)24(13)29(2,25)26)17-12-27-20(23-17)11-21-22-16-5-3-4-6-19(16)28-21/h3-8,10,12-13H,9,11H2,1-2H3. The van der Waals surface area contributed by atoms with E-state index in [0.717, 1.165) is 50.9 Å². The molecule has 1 aliphatic heterocycles. The number of hydrogen-bond acceptors (Lipinski definition) is 6. The SMILES string of the molecule is CC1Cc2cc(-c3csc(Cc4nc5ccccc5s4)n3)ccc2N1S(C)(=O)=O. The lowest BCUT2D eigenvalue weighted by molar-refractivity contribution is 0.590. The van der Waals surface area contributed by atoms with Crippen molar-refractivity contribution in [3.8, 4) is 11.3 Å². The molecule has 5 rings (SSSR count). The lowest BCUT2D eigenvalue weighted by atomic mass is 10.1. The molecule has 0 N–H and O–H groups in total. The second-order valence-corrected chi connectivity index (χ2v) is 11.3. The van der Waals surface area contributed by atoms with Gasteiger partial charge < -0.3 is 0 Å². The van der Waals surface area contributed by atoms with Gasteiger partial charge in [-0.15, -0.1) is 22.7 Å². The second-order valence-electron chi connectivity index (χ2n) is 7.33. The van der Waals surface area contributed by atoms with Crippen LogP contribution in [0.5, 0.6) is 0 Å². The molecule has 0 spiro atoms. The molecule has 148 valence electrons. The predicted molar refractivity (Wildman–Crippen MR) is 120 cm³/mol. The molecule has 8 heteroatoms. The summed E-state index contributed by atoms with van der Waals surface area (Å²) in [6.07, 6.45) is 2.72. The van der Waals surface area contributed by atoms with Crippen LogP contribution in [0.15, 0.2) is 47.8 Å². The monoisotopic (exact) mass is 441 g/mol. The van der Waals surface area contributed by atoms with Crippen LogP contribution in [0.3, 0.4) is 0 Å². The summed E-state index contributed by atoms with van der Waals surface area (Å²) in [6, 6.07) is 14.1. The van der Waals surface area contributed by atoms with E-state index in [4.69, 9.17) is 9.97 Å². The first-order valence-electron chi connectivity index (χ1n) is 9.30. The maximum absolute atomic E-state index is 12.1. The van der Waals surface area contributed by atoms with Crippen LogP contribution in [0.4, 0.5) is 5.69 Å². The summed E-state index contributed by atoms with van der Waals surface area (Å²) in [5.74, 6) is 0. The quantitative estimate of drug-likeness (QED) is 0.460. The van der Waals surface area contributed by atoms with Crippen molar-refractivity contribution in [2.24, 2.45) is 0 Å². The first-order chi connectivity index (χ1) is 13.9. The average Bonchev–Trinajstić information content (AvgIpc) is 3.35. The van der Waals surface area contributed by atoms with E-state index >= 15 is 0 Å². The largest absolute Gasteiger partial charge is 0.267 e. The Bertz CT molecular complexity index is 1290. The van der Waals surface area contributed by atoms with Crippen LogP contribution in [0.25, 0.3) is 21.5 Å². The van der Waals surface area contributed by atoms with Crippen LogP contribution in [-0.2, 0) is 22.9 Å². The zero-order valence-corrected chi connectivity index (χ0v) is 18.4. The number of nitrogens with zero attached hydrogens (tertiary/aromatic N) is 3. The van der Waals surface area contributed by atoms with Crippen molar-refractivity contribution in [3.05, 3.63) is 63.4 Å². The van der Waals surface area contributed by atoms with Gasteiger partial charge in [-0.3, -0.25) is 4.31 Å². The molecule has 5 nitrogen and oxygen atoms in total. The summed E-state index contributed by atoms with van der Waals surface area (Å²) < 4.78 is 26.9. The van der Waals surface area contributed by atoms with Gasteiger partial charge in [0.2, 0.25) is 10.0 Å². The van der Waals surface area contributed by atoms with Gasteiger partial charge in [0.05, 0.1) is 34.3 Å². The van der Waals surface area contributed by atoms with Gasteiger partial charge in [-0.25, -0.2) is 18.4 Å². The molecule has 4 aromatic rings. The molecule has 0 saturated carbocycles. The number of fused-ring (bicyclic) bond motifs is 2. The fraction of sp³-hybridized carbons (Fsp3) is 0.238. The highest BCUT2D eigenvalue weighted by atomic mass is 32.2. The molecule has 1 atom stereocenters. The summed E-state index contributed by atoms with van der Waals surface area (Å²) in [4.78, 5) is 9.51. The third-order valence-corrected chi connectivity index (χ3v) is 8.23. The molecule has 2 aromatic carbocycles. The van der Waals surface area contributed by atoms with Gasteiger partial charge in [0.15, 0.2) is 0 Å². The molecule has 0 radical (unpaired) electrons. The van der Waals surface area contributed by atoms with E-state index in [-0.39, 0.29) is 6.04 Å². The Balaban J connectivity index is 1.42. The summed E-state index contributed by atoms with van der Waals surface area (Å²) in [5.41, 5.74) is 4.83. The summed E-state index contributed by atoms with van der Waals surface area (Å²) in [6.45, 7) is 1.94. The van der Waals surface area contributed by atoms with Crippen LogP contribution in [0.2, 0.25) is 0 Å². The number of thiazole rings is 2. The molecule has 0 amide bonds. The van der Waals surface area contributed by atoms with Gasteiger partial charge >= 0.3 is 0 Å². The molecule has 29 heavy (non-hydrogen) atoms. The Morgan fingerprint density at radius 1 is 1.14 bits per heavy atom. The van der Waals surface area contributed by atoms with Crippen molar-refractivity contribution >= 4 is 48.6 Å². The van der Waals surface area contributed by atoms with E-state index in [1.807, 2.05) is 37.3 Å². The molecule has 3 heterocycles. The van der Waals surface area contributed by atoms with Gasteiger partial charge in [0.25, 0.3) is 0 Å². The van der Waals surface area contributed by atoms with E-state index in [2.05, 4.69) is 17.5 Å². The van der Waals surface area contributed by atoms with Crippen LogP contribution >= 0.6 is 22.7 Å². The van der Waals surface area contributed by atoms with Crippen LogP contribution in [-0.4, -0.2) is 30.7 Å². The number of hydrogen-bond donors (Lipinski definition) is 0. The van der Waals surface area contributed by atoms with E-state index < -0.39 is 10.0 Å². The van der Waals surface area contributed by atoms with E-state index in [0.29, 0.717) is 0 Å². The van der Waals surface area contributed by atoms with Crippen molar-refractivity contribution in [3.63, 3.8) is 0 Å². The average molecular weight is 442 g/mol. The lowest BCUT2D eigenvalue weighted by Gasteiger charge is -2.21. The fourth-order valence-corrected chi connectivity index (χ4v) is 7.05. The maximum atomic E-state index is 12.1. The van der Waals surface area contributed by atoms with Gasteiger partial charge in [-0.05, 0) is 43.2 Å². The summed E-state index contributed by atoms with van der Waals surface area (Å²) >= 11 is 3.35. The highest BCUT2D eigenvalue weighted by Gasteiger charge is 2.32. The molecule has 1 unspecified atom stereocenters. The van der Waals surface area contributed by atoms with Crippen molar-refractivity contribution in [2.45, 2.75) is 25.8 Å². The number of benzene rings is 2. The predicted octanol–water partition coefficient (Wildman–Crippen LogP) is 4.72. The normalized spacial score (nSPS) is 16.5. The number of para-hydroxylation sites is 1. The topological polar surface area (TPSA) is 63.2 Å². The fourth-order valence-electron chi connectivity index (χ4n) is 3.92. The summed E-state index contributed by atoms with van der Waals surface area (Å²) in [5, 5.41) is 4.17. The molecular formula is C21H19N3O2S3. The maximum Gasteiger partial charge on any atom is 0.232 e. The minimum atomic E-state index is -3.27. The number of rotatable bonds is 4.